The molecule has 0 spiro atoms. The van der Waals surface area contributed by atoms with Crippen LogP contribution in [0.25, 0.3) is 6.08 Å². The number of carbonyl (C=O) groups is 1. The zero-order chi connectivity index (χ0) is 19.7. The Kier molecular flexibility index (Phi) is 4.49. The zero-order valence-corrected chi connectivity index (χ0v) is 15.6. The molecule has 0 amide bonds. The quantitative estimate of drug-likeness (QED) is 0.689. The number of aromatic hydroxyl groups is 1. The lowest BCUT2D eigenvalue weighted by Crippen LogP contribution is -2.38. The first kappa shape index (κ1) is 18.0. The molecule has 5 nitrogen and oxygen atoms in total. The maximum absolute atomic E-state index is 13.3. The van der Waals surface area contributed by atoms with Crippen LogP contribution in [0.4, 0.5) is 0 Å². The minimum Gasteiger partial charge on any atom is -0.507 e. The normalized spacial score (nSPS) is 16.8. The zero-order valence-electron chi connectivity index (χ0n) is 14.8. The Hall–Kier alpha value is -3.38. The van der Waals surface area contributed by atoms with Gasteiger partial charge in [0.15, 0.2) is 0 Å². The van der Waals surface area contributed by atoms with Crippen molar-refractivity contribution in [3.8, 4) is 5.75 Å². The highest BCUT2D eigenvalue weighted by atomic mass is 32.2. The van der Waals surface area contributed by atoms with Gasteiger partial charge in [0, 0.05) is 11.1 Å². The van der Waals surface area contributed by atoms with Crippen LogP contribution in [0.15, 0.2) is 89.5 Å². The van der Waals surface area contributed by atoms with Crippen LogP contribution in [0.2, 0.25) is 0 Å². The molecule has 28 heavy (non-hydrogen) atoms. The number of fused-ring (bicyclic) bond motifs is 1. The third-order valence-electron chi connectivity index (χ3n) is 4.60. The lowest BCUT2D eigenvalue weighted by molar-refractivity contribution is 0.100. The van der Waals surface area contributed by atoms with Crippen LogP contribution >= 0.6 is 0 Å². The van der Waals surface area contributed by atoms with E-state index in [1.807, 2.05) is 18.2 Å². The summed E-state index contributed by atoms with van der Waals surface area (Å²) < 4.78 is 27.7. The van der Waals surface area contributed by atoms with Gasteiger partial charge >= 0.3 is 0 Å². The number of hydrogen-bond acceptors (Lipinski definition) is 4. The van der Waals surface area contributed by atoms with Gasteiger partial charge in [0.2, 0.25) is 5.78 Å². The van der Waals surface area contributed by atoms with Gasteiger partial charge in [-0.1, -0.05) is 60.7 Å². The summed E-state index contributed by atoms with van der Waals surface area (Å²) >= 11 is 0. The number of hydrogen-bond donors (Lipinski definition) is 1. The molecule has 1 aliphatic heterocycles. The van der Waals surface area contributed by atoms with Gasteiger partial charge in [-0.2, -0.15) is 0 Å². The summed E-state index contributed by atoms with van der Waals surface area (Å²) in [6, 6.07) is 21.8. The first-order chi connectivity index (χ1) is 13.5. The number of ketones is 1. The Balaban J connectivity index is 1.93. The van der Waals surface area contributed by atoms with Gasteiger partial charge < -0.3 is 5.11 Å². The second-order valence-corrected chi connectivity index (χ2v) is 8.24. The molecular formula is C22H17NO4S. The van der Waals surface area contributed by atoms with Crippen molar-refractivity contribution >= 4 is 21.9 Å². The van der Waals surface area contributed by atoms with E-state index in [4.69, 9.17) is 0 Å². The van der Waals surface area contributed by atoms with Crippen molar-refractivity contribution in [2.75, 3.05) is 0 Å². The molecule has 0 unspecified atom stereocenters. The predicted octanol–water partition coefficient (Wildman–Crippen LogP) is 3.82. The van der Waals surface area contributed by atoms with Crippen LogP contribution in [-0.2, 0) is 16.6 Å². The van der Waals surface area contributed by atoms with E-state index in [9.17, 15) is 18.3 Å². The molecule has 1 heterocycles. The van der Waals surface area contributed by atoms with Crippen molar-refractivity contribution in [3.63, 3.8) is 0 Å². The Morgan fingerprint density at radius 2 is 1.50 bits per heavy atom. The van der Waals surface area contributed by atoms with Crippen molar-refractivity contribution in [2.24, 2.45) is 0 Å². The SMILES string of the molecule is O=C1C(=Cc2ccccc2O)N(Cc2ccccc2)S(=O)(=O)c2ccccc21. The van der Waals surface area contributed by atoms with E-state index >= 15 is 0 Å². The molecule has 4 rings (SSSR count). The average molecular weight is 391 g/mol. The molecule has 1 N–H and O–H groups in total. The Labute approximate surface area is 163 Å². The van der Waals surface area contributed by atoms with Crippen LogP contribution in [-0.4, -0.2) is 23.6 Å². The summed E-state index contributed by atoms with van der Waals surface area (Å²) in [6.45, 7) is 0.0165. The van der Waals surface area contributed by atoms with E-state index in [1.54, 1.807) is 42.5 Å². The molecule has 6 heteroatoms. The van der Waals surface area contributed by atoms with Crippen molar-refractivity contribution in [2.45, 2.75) is 11.4 Å². The third-order valence-corrected chi connectivity index (χ3v) is 6.42. The second kappa shape index (κ2) is 6.98. The monoisotopic (exact) mass is 391 g/mol. The number of rotatable bonds is 3. The van der Waals surface area contributed by atoms with Crippen molar-refractivity contribution in [3.05, 3.63) is 101 Å². The second-order valence-electron chi connectivity index (χ2n) is 6.41. The predicted molar refractivity (Wildman–Crippen MR) is 106 cm³/mol. The Morgan fingerprint density at radius 3 is 2.25 bits per heavy atom. The first-order valence-electron chi connectivity index (χ1n) is 8.68. The molecular weight excluding hydrogens is 374 g/mol. The maximum atomic E-state index is 13.3. The molecule has 1 aliphatic rings. The molecule has 0 radical (unpaired) electrons. The topological polar surface area (TPSA) is 74.7 Å². The molecule has 0 saturated carbocycles. The molecule has 0 aromatic heterocycles. The standard InChI is InChI=1S/C22H17NO4S/c24-20-12-6-4-10-17(20)14-19-22(25)18-11-5-7-13-21(18)28(26,27)23(19)15-16-8-2-1-3-9-16/h1-14,24H,15H2. The lowest BCUT2D eigenvalue weighted by Gasteiger charge is -2.31. The number of phenols is 1. The van der Waals surface area contributed by atoms with Gasteiger partial charge in [-0.15, -0.1) is 0 Å². The summed E-state index contributed by atoms with van der Waals surface area (Å²) in [5.74, 6) is -0.427. The van der Waals surface area contributed by atoms with Gasteiger partial charge in [-0.25, -0.2) is 8.42 Å². The number of carbonyl (C=O) groups excluding carboxylic acids is 1. The molecule has 3 aromatic rings. The number of nitrogens with zero attached hydrogens (tertiary/aromatic N) is 1. The first-order valence-corrected chi connectivity index (χ1v) is 10.1. The van der Waals surface area contributed by atoms with Crippen LogP contribution in [0.1, 0.15) is 21.5 Å². The number of sulfonamides is 1. The maximum Gasteiger partial charge on any atom is 0.265 e. The van der Waals surface area contributed by atoms with Gasteiger partial charge in [0.25, 0.3) is 10.0 Å². The van der Waals surface area contributed by atoms with Crippen molar-refractivity contribution < 1.29 is 18.3 Å². The molecule has 0 atom stereocenters. The van der Waals surface area contributed by atoms with Gasteiger partial charge in [-0.05, 0) is 29.8 Å². The minimum atomic E-state index is -3.93. The fourth-order valence-electron chi connectivity index (χ4n) is 3.19. The highest BCUT2D eigenvalue weighted by Gasteiger charge is 2.39. The molecule has 0 bridgehead atoms. The van der Waals surface area contributed by atoms with E-state index in [0.29, 0.717) is 5.56 Å². The fraction of sp³-hybridized carbons (Fsp3) is 0.0455. The Morgan fingerprint density at radius 1 is 0.857 bits per heavy atom. The lowest BCUT2D eigenvalue weighted by atomic mass is 10.0. The van der Waals surface area contributed by atoms with Gasteiger partial charge in [0.05, 0.1) is 11.4 Å². The highest BCUT2D eigenvalue weighted by molar-refractivity contribution is 7.89. The number of allylic oxidation sites excluding steroid dienone is 1. The average Bonchev–Trinajstić information content (AvgIpc) is 2.71. The van der Waals surface area contributed by atoms with E-state index in [1.165, 1.54) is 24.3 Å². The van der Waals surface area contributed by atoms with Crippen LogP contribution in [0, 0.1) is 0 Å². The smallest absolute Gasteiger partial charge is 0.265 e. The number of para-hydroxylation sites is 1. The van der Waals surface area contributed by atoms with Crippen LogP contribution in [0.3, 0.4) is 0 Å². The number of phenolic OH excluding ortho intramolecular Hbond substituents is 1. The van der Waals surface area contributed by atoms with E-state index < -0.39 is 15.8 Å². The minimum absolute atomic E-state index is 0.00375. The molecule has 3 aromatic carbocycles. The van der Waals surface area contributed by atoms with Crippen LogP contribution in [0.5, 0.6) is 5.75 Å². The molecule has 0 aliphatic carbocycles. The number of Topliss-reactive ketones (excluding diaryl/α,β-unsaturated/α-hetero) is 1. The largest absolute Gasteiger partial charge is 0.507 e. The fourth-order valence-corrected chi connectivity index (χ4v) is 4.83. The summed E-state index contributed by atoms with van der Waals surface area (Å²) in [6.07, 6.45) is 1.42. The van der Waals surface area contributed by atoms with Crippen molar-refractivity contribution in [1.29, 1.82) is 0 Å². The van der Waals surface area contributed by atoms with Gasteiger partial charge in [0.1, 0.15) is 11.4 Å². The summed E-state index contributed by atoms with van der Waals surface area (Å²) in [4.78, 5) is 13.2. The molecule has 0 saturated heterocycles. The molecule has 0 fully saturated rings. The van der Waals surface area contributed by atoms with Gasteiger partial charge in [-0.3, -0.25) is 9.10 Å². The number of benzene rings is 3. The van der Waals surface area contributed by atoms with E-state index in [0.717, 1.165) is 9.87 Å². The summed E-state index contributed by atoms with van der Waals surface area (Å²) in [7, 11) is -3.93. The molecule has 140 valence electrons. The van der Waals surface area contributed by atoms with Crippen LogP contribution < -0.4 is 0 Å². The summed E-state index contributed by atoms with van der Waals surface area (Å²) in [5, 5.41) is 10.1. The summed E-state index contributed by atoms with van der Waals surface area (Å²) in [5.41, 5.74) is 1.26. The van der Waals surface area contributed by atoms with Crippen molar-refractivity contribution in [1.82, 2.24) is 4.31 Å². The highest BCUT2D eigenvalue weighted by Crippen LogP contribution is 2.35. The van der Waals surface area contributed by atoms with E-state index in [-0.39, 0.29) is 28.5 Å². The third kappa shape index (κ3) is 3.08. The Bertz CT molecular complexity index is 1180. The van der Waals surface area contributed by atoms with E-state index in [2.05, 4.69) is 0 Å².